The van der Waals surface area contributed by atoms with E-state index in [1.807, 2.05) is 11.8 Å². The molecule has 45 heavy (non-hydrogen) atoms. The Morgan fingerprint density at radius 2 is 1.02 bits per heavy atom. The SMILES string of the molecule is c1ccc(-c2ccc(-n3c4ccccc4c4c5c(ccc43)C3(c4ccccc4S5)c4ccccc4-c4ccccc43)cc2)cc1. The number of aromatic nitrogens is 1. The minimum Gasteiger partial charge on any atom is -0.309 e. The number of nitrogens with zero attached hydrogens (tertiary/aromatic N) is 1. The third-order valence-corrected chi connectivity index (χ3v) is 11.1. The lowest BCUT2D eigenvalue weighted by Crippen LogP contribution is -2.32. The first kappa shape index (κ1) is 25.1. The second-order valence-electron chi connectivity index (χ2n) is 12.0. The zero-order chi connectivity index (χ0) is 29.5. The molecule has 0 atom stereocenters. The molecule has 0 radical (unpaired) electrons. The van der Waals surface area contributed by atoms with E-state index in [9.17, 15) is 0 Å². The van der Waals surface area contributed by atoms with Crippen molar-refractivity contribution in [2.75, 3.05) is 0 Å². The van der Waals surface area contributed by atoms with Crippen LogP contribution in [-0.2, 0) is 5.41 Å². The van der Waals surface area contributed by atoms with Gasteiger partial charge in [-0.2, -0.15) is 0 Å². The molecule has 0 N–H and O–H groups in total. The first-order valence-electron chi connectivity index (χ1n) is 15.5. The van der Waals surface area contributed by atoms with Crippen LogP contribution in [0.5, 0.6) is 0 Å². The Labute approximate surface area is 266 Å². The third-order valence-electron chi connectivity index (χ3n) is 9.88. The standard InChI is InChI=1S/C43H27NS/c1-2-12-28(13-3-1)29-22-24-30(25-23-29)44-38-20-10-6-16-33(38)41-39(44)27-26-37-42(41)45-40-21-11-9-19-36(40)43(37)34-17-7-4-14-31(34)32-15-5-8-18-35(32)43/h1-27H. The third kappa shape index (κ3) is 3.30. The zero-order valence-electron chi connectivity index (χ0n) is 24.4. The van der Waals surface area contributed by atoms with Crippen LogP contribution in [-0.4, -0.2) is 4.57 Å². The predicted molar refractivity (Wildman–Crippen MR) is 188 cm³/mol. The summed E-state index contributed by atoms with van der Waals surface area (Å²) in [6, 6.07) is 60.5. The molecule has 0 saturated carbocycles. The summed E-state index contributed by atoms with van der Waals surface area (Å²) in [4.78, 5) is 2.68. The Kier molecular flexibility index (Phi) is 5.20. The van der Waals surface area contributed by atoms with Crippen molar-refractivity contribution >= 4 is 33.6 Å². The summed E-state index contributed by atoms with van der Waals surface area (Å²) in [5.41, 5.74) is 13.9. The van der Waals surface area contributed by atoms with Gasteiger partial charge in [-0.15, -0.1) is 0 Å². The van der Waals surface area contributed by atoms with Crippen LogP contribution in [0.25, 0.3) is 49.7 Å². The molecule has 1 aromatic heterocycles. The average molecular weight is 590 g/mol. The molecule has 7 aromatic carbocycles. The van der Waals surface area contributed by atoms with Crippen LogP contribution in [0.3, 0.4) is 0 Å². The summed E-state index contributed by atoms with van der Waals surface area (Å²) in [5.74, 6) is 0. The van der Waals surface area contributed by atoms with Crippen molar-refractivity contribution in [3.8, 4) is 27.9 Å². The Morgan fingerprint density at radius 1 is 0.422 bits per heavy atom. The smallest absolute Gasteiger partial charge is 0.0735 e. The van der Waals surface area contributed by atoms with Gasteiger partial charge in [-0.25, -0.2) is 0 Å². The fourth-order valence-corrected chi connectivity index (χ4v) is 9.42. The molecular formula is C43H27NS. The van der Waals surface area contributed by atoms with E-state index in [0.29, 0.717) is 0 Å². The average Bonchev–Trinajstić information content (AvgIpc) is 3.60. The van der Waals surface area contributed by atoms with Gasteiger partial charge >= 0.3 is 0 Å². The normalized spacial score (nSPS) is 13.9. The van der Waals surface area contributed by atoms with E-state index in [-0.39, 0.29) is 5.41 Å². The number of hydrogen-bond acceptors (Lipinski definition) is 1. The zero-order valence-corrected chi connectivity index (χ0v) is 25.3. The van der Waals surface area contributed by atoms with Gasteiger partial charge in [-0.1, -0.05) is 145 Å². The summed E-state index contributed by atoms with van der Waals surface area (Å²) in [6.45, 7) is 0. The Morgan fingerprint density at radius 3 is 1.78 bits per heavy atom. The lowest BCUT2D eigenvalue weighted by atomic mass is 9.67. The minimum absolute atomic E-state index is 0.376. The molecule has 2 heteroatoms. The molecule has 1 spiro atoms. The largest absolute Gasteiger partial charge is 0.309 e. The lowest BCUT2D eigenvalue weighted by molar-refractivity contribution is 0.726. The lowest BCUT2D eigenvalue weighted by Gasteiger charge is -2.40. The molecule has 2 aliphatic rings. The van der Waals surface area contributed by atoms with Gasteiger partial charge in [0.2, 0.25) is 0 Å². The first-order valence-corrected chi connectivity index (χ1v) is 16.3. The van der Waals surface area contributed by atoms with E-state index in [2.05, 4.69) is 168 Å². The minimum atomic E-state index is -0.376. The van der Waals surface area contributed by atoms with Gasteiger partial charge < -0.3 is 4.57 Å². The molecule has 8 aromatic rings. The van der Waals surface area contributed by atoms with Crippen molar-refractivity contribution in [2.45, 2.75) is 15.2 Å². The number of fused-ring (bicyclic) bond motifs is 13. The highest BCUT2D eigenvalue weighted by Crippen LogP contribution is 2.63. The molecule has 0 unspecified atom stereocenters. The molecule has 1 aliphatic carbocycles. The molecule has 210 valence electrons. The molecule has 2 heterocycles. The number of para-hydroxylation sites is 1. The molecule has 0 saturated heterocycles. The second kappa shape index (κ2) is 9.34. The molecule has 0 bridgehead atoms. The van der Waals surface area contributed by atoms with E-state index in [1.165, 1.54) is 81.8 Å². The summed E-state index contributed by atoms with van der Waals surface area (Å²) in [5, 5.41) is 2.62. The van der Waals surface area contributed by atoms with Gasteiger partial charge in [0.25, 0.3) is 0 Å². The van der Waals surface area contributed by atoms with Crippen molar-refractivity contribution < 1.29 is 0 Å². The molecule has 0 amide bonds. The number of benzene rings is 7. The quantitative estimate of drug-likeness (QED) is 0.194. The maximum Gasteiger partial charge on any atom is 0.0735 e. The van der Waals surface area contributed by atoms with E-state index in [1.54, 1.807) is 0 Å². The molecule has 1 nitrogen and oxygen atoms in total. The fourth-order valence-electron chi connectivity index (χ4n) is 8.08. The van der Waals surface area contributed by atoms with E-state index in [0.717, 1.165) is 0 Å². The summed E-state index contributed by atoms with van der Waals surface area (Å²) in [6.07, 6.45) is 0. The fraction of sp³-hybridized carbons (Fsp3) is 0.0233. The van der Waals surface area contributed by atoms with Crippen molar-refractivity contribution in [3.63, 3.8) is 0 Å². The topological polar surface area (TPSA) is 4.93 Å². The molecular weight excluding hydrogens is 563 g/mol. The van der Waals surface area contributed by atoms with E-state index >= 15 is 0 Å². The van der Waals surface area contributed by atoms with Gasteiger partial charge in [0.1, 0.15) is 0 Å². The van der Waals surface area contributed by atoms with Gasteiger partial charge in [-0.3, -0.25) is 0 Å². The Balaban J connectivity index is 1.29. The van der Waals surface area contributed by atoms with Gasteiger partial charge in [0.15, 0.2) is 0 Å². The van der Waals surface area contributed by atoms with Crippen LogP contribution in [0, 0.1) is 0 Å². The van der Waals surface area contributed by atoms with Crippen molar-refractivity contribution in [3.05, 3.63) is 186 Å². The van der Waals surface area contributed by atoms with Crippen molar-refractivity contribution in [1.29, 1.82) is 0 Å². The monoisotopic (exact) mass is 589 g/mol. The number of hydrogen-bond donors (Lipinski definition) is 0. The van der Waals surface area contributed by atoms with Crippen LogP contribution in [0.15, 0.2) is 174 Å². The maximum atomic E-state index is 2.45. The highest BCUT2D eigenvalue weighted by molar-refractivity contribution is 7.99. The highest BCUT2D eigenvalue weighted by Gasteiger charge is 2.50. The maximum absolute atomic E-state index is 2.45. The number of rotatable bonds is 2. The van der Waals surface area contributed by atoms with Crippen LogP contribution in [0.1, 0.15) is 22.3 Å². The molecule has 10 rings (SSSR count). The Bertz CT molecular complexity index is 2400. The summed E-state index contributed by atoms with van der Waals surface area (Å²) >= 11 is 1.93. The van der Waals surface area contributed by atoms with Crippen molar-refractivity contribution in [2.24, 2.45) is 0 Å². The summed E-state index contributed by atoms with van der Waals surface area (Å²) in [7, 11) is 0. The molecule has 1 aliphatic heterocycles. The molecule has 0 fully saturated rings. The van der Waals surface area contributed by atoms with Crippen molar-refractivity contribution in [1.82, 2.24) is 4.57 Å². The summed E-state index contributed by atoms with van der Waals surface area (Å²) < 4.78 is 2.45. The Hall–Kier alpha value is -5.31. The van der Waals surface area contributed by atoms with Crippen LogP contribution in [0.2, 0.25) is 0 Å². The second-order valence-corrected chi connectivity index (χ2v) is 13.1. The van der Waals surface area contributed by atoms with E-state index < -0.39 is 0 Å². The van der Waals surface area contributed by atoms with Gasteiger partial charge in [0.05, 0.1) is 16.4 Å². The van der Waals surface area contributed by atoms with Gasteiger partial charge in [0, 0.05) is 26.3 Å². The van der Waals surface area contributed by atoms with Crippen LogP contribution >= 0.6 is 11.8 Å². The van der Waals surface area contributed by atoms with Gasteiger partial charge in [-0.05, 0) is 74.8 Å². The first-order chi connectivity index (χ1) is 22.3. The predicted octanol–water partition coefficient (Wildman–Crippen LogP) is 11.3. The van der Waals surface area contributed by atoms with Crippen LogP contribution < -0.4 is 0 Å². The highest BCUT2D eigenvalue weighted by atomic mass is 32.2. The van der Waals surface area contributed by atoms with E-state index in [4.69, 9.17) is 0 Å². The van der Waals surface area contributed by atoms with Crippen LogP contribution in [0.4, 0.5) is 0 Å².